The molecule has 0 radical (unpaired) electrons. The lowest BCUT2D eigenvalue weighted by Gasteiger charge is -2.25. The van der Waals surface area contributed by atoms with Crippen molar-refractivity contribution in [1.82, 2.24) is 10.1 Å². The first kappa shape index (κ1) is 16.8. The number of likely N-dealkylation sites (tertiary alicyclic amines) is 1. The summed E-state index contributed by atoms with van der Waals surface area (Å²) in [5, 5.41) is 7.73. The number of rotatable bonds is 3. The first-order valence-electron chi connectivity index (χ1n) is 8.30. The molecule has 0 spiro atoms. The van der Waals surface area contributed by atoms with Gasteiger partial charge >= 0.3 is 6.03 Å². The number of anilines is 1. The second-order valence-electron chi connectivity index (χ2n) is 6.15. The molecule has 2 aromatic rings. The number of halogens is 1. The third kappa shape index (κ3) is 3.00. The van der Waals surface area contributed by atoms with Crippen LogP contribution in [0.5, 0.6) is 0 Å². The lowest BCUT2D eigenvalue weighted by atomic mass is 10.0. The van der Waals surface area contributed by atoms with Crippen molar-refractivity contribution in [1.29, 1.82) is 0 Å². The fourth-order valence-electron chi connectivity index (χ4n) is 3.35. The van der Waals surface area contributed by atoms with Crippen molar-refractivity contribution in [2.45, 2.75) is 46.1 Å². The van der Waals surface area contributed by atoms with Crippen LogP contribution in [0.2, 0.25) is 5.02 Å². The average molecular weight is 348 g/mol. The summed E-state index contributed by atoms with van der Waals surface area (Å²) < 4.78 is 5.41. The van der Waals surface area contributed by atoms with Gasteiger partial charge in [0.05, 0.1) is 11.7 Å². The maximum absolute atomic E-state index is 12.8. The maximum atomic E-state index is 12.8. The molecule has 0 unspecified atom stereocenters. The number of nitrogens with zero attached hydrogens (tertiary/aromatic N) is 2. The minimum absolute atomic E-state index is 0.0192. The van der Waals surface area contributed by atoms with E-state index < -0.39 is 0 Å². The number of hydrogen-bond acceptors (Lipinski definition) is 3. The standard InChI is InChI=1S/C18H22ClN3O2/c1-4-16-17(12(3)21-24-16)15-9-6-10-22(15)18(23)20-14-8-5-7-13(19)11(14)2/h5,7-8,15H,4,6,9-10H2,1-3H3,(H,20,23)/t15-/m0/s1. The van der Waals surface area contributed by atoms with Crippen molar-refractivity contribution >= 4 is 23.3 Å². The van der Waals surface area contributed by atoms with E-state index in [1.807, 2.05) is 43.9 Å². The first-order valence-corrected chi connectivity index (χ1v) is 8.68. The number of benzene rings is 1. The van der Waals surface area contributed by atoms with Gasteiger partial charge < -0.3 is 14.7 Å². The number of aromatic nitrogens is 1. The maximum Gasteiger partial charge on any atom is 0.322 e. The van der Waals surface area contributed by atoms with Crippen molar-refractivity contribution in [3.05, 3.63) is 45.8 Å². The molecule has 1 aromatic heterocycles. The zero-order valence-corrected chi connectivity index (χ0v) is 15.0. The molecule has 1 saturated heterocycles. The van der Waals surface area contributed by atoms with Gasteiger partial charge in [-0.15, -0.1) is 0 Å². The van der Waals surface area contributed by atoms with Gasteiger partial charge in [-0.05, 0) is 44.4 Å². The van der Waals surface area contributed by atoms with Crippen LogP contribution >= 0.6 is 11.6 Å². The van der Waals surface area contributed by atoms with E-state index in [0.717, 1.165) is 54.1 Å². The van der Waals surface area contributed by atoms with Crippen LogP contribution in [0, 0.1) is 13.8 Å². The predicted octanol–water partition coefficient (Wildman–Crippen LogP) is 4.88. The van der Waals surface area contributed by atoms with Crippen LogP contribution in [-0.2, 0) is 6.42 Å². The Morgan fingerprint density at radius 1 is 1.46 bits per heavy atom. The van der Waals surface area contributed by atoms with Crippen LogP contribution in [0.4, 0.5) is 10.5 Å². The average Bonchev–Trinajstić information content (AvgIpc) is 3.17. The Hall–Kier alpha value is -2.01. The quantitative estimate of drug-likeness (QED) is 0.861. The van der Waals surface area contributed by atoms with E-state index in [1.165, 1.54) is 0 Å². The molecule has 1 aliphatic rings. The summed E-state index contributed by atoms with van der Waals surface area (Å²) in [6.45, 7) is 6.61. The predicted molar refractivity (Wildman–Crippen MR) is 94.5 cm³/mol. The highest BCUT2D eigenvalue weighted by atomic mass is 35.5. The highest BCUT2D eigenvalue weighted by molar-refractivity contribution is 6.31. The highest BCUT2D eigenvalue weighted by Gasteiger charge is 2.34. The molecule has 1 N–H and O–H groups in total. The summed E-state index contributed by atoms with van der Waals surface area (Å²) in [7, 11) is 0. The molecule has 0 saturated carbocycles. The fourth-order valence-corrected chi connectivity index (χ4v) is 3.52. The van der Waals surface area contributed by atoms with Crippen molar-refractivity contribution in [2.24, 2.45) is 0 Å². The van der Waals surface area contributed by atoms with E-state index >= 15 is 0 Å². The van der Waals surface area contributed by atoms with E-state index in [9.17, 15) is 4.79 Å². The summed E-state index contributed by atoms with van der Waals surface area (Å²) in [4.78, 5) is 14.7. The van der Waals surface area contributed by atoms with Crippen LogP contribution in [0.1, 0.15) is 48.4 Å². The van der Waals surface area contributed by atoms with Crippen LogP contribution in [0.25, 0.3) is 0 Å². The van der Waals surface area contributed by atoms with Gasteiger partial charge in [-0.2, -0.15) is 0 Å². The monoisotopic (exact) mass is 347 g/mol. The van der Waals surface area contributed by atoms with Gasteiger partial charge in [0.15, 0.2) is 0 Å². The Kier molecular flexibility index (Phi) is 4.81. The second kappa shape index (κ2) is 6.85. The fraction of sp³-hybridized carbons (Fsp3) is 0.444. The smallest absolute Gasteiger partial charge is 0.322 e. The van der Waals surface area contributed by atoms with Crippen LogP contribution in [-0.4, -0.2) is 22.6 Å². The number of carbonyl (C=O) groups excluding carboxylic acids is 1. The SMILES string of the molecule is CCc1onc(C)c1[C@@H]1CCCN1C(=O)Nc1cccc(Cl)c1C. The molecule has 1 aliphatic heterocycles. The van der Waals surface area contributed by atoms with Gasteiger partial charge in [0.2, 0.25) is 0 Å². The third-order valence-corrected chi connectivity index (χ3v) is 5.07. The van der Waals surface area contributed by atoms with Crippen LogP contribution < -0.4 is 5.32 Å². The highest BCUT2D eigenvalue weighted by Crippen LogP contribution is 2.36. The van der Waals surface area contributed by atoms with Gasteiger partial charge in [-0.3, -0.25) is 0 Å². The molecule has 2 amide bonds. The number of nitrogens with one attached hydrogen (secondary N) is 1. The first-order chi connectivity index (χ1) is 11.5. The lowest BCUT2D eigenvalue weighted by molar-refractivity contribution is 0.206. The Labute approximate surface area is 147 Å². The van der Waals surface area contributed by atoms with Crippen LogP contribution in [0.3, 0.4) is 0 Å². The number of aryl methyl sites for hydroxylation is 2. The largest absolute Gasteiger partial charge is 0.361 e. The van der Waals surface area contributed by atoms with Crippen LogP contribution in [0.15, 0.2) is 22.7 Å². The molecule has 1 fully saturated rings. The molecule has 6 heteroatoms. The van der Waals surface area contributed by atoms with E-state index in [4.69, 9.17) is 16.1 Å². The van der Waals surface area contributed by atoms with Crippen molar-refractivity contribution in [3.63, 3.8) is 0 Å². The van der Waals surface area contributed by atoms with Gasteiger partial charge in [0.1, 0.15) is 5.76 Å². The summed E-state index contributed by atoms with van der Waals surface area (Å²) in [6, 6.07) is 5.44. The number of amides is 2. The summed E-state index contributed by atoms with van der Waals surface area (Å²) in [5.74, 6) is 0.871. The molecule has 0 aliphatic carbocycles. The molecular formula is C18H22ClN3O2. The number of urea groups is 1. The van der Waals surface area contributed by atoms with Crippen molar-refractivity contribution < 1.29 is 9.32 Å². The van der Waals surface area contributed by atoms with Gasteiger partial charge in [0, 0.05) is 29.2 Å². The van der Waals surface area contributed by atoms with E-state index in [2.05, 4.69) is 10.5 Å². The second-order valence-corrected chi connectivity index (χ2v) is 6.56. The third-order valence-electron chi connectivity index (χ3n) is 4.66. The molecule has 3 rings (SSSR count). The molecular weight excluding hydrogens is 326 g/mol. The van der Waals surface area contributed by atoms with E-state index in [-0.39, 0.29) is 12.1 Å². The van der Waals surface area contributed by atoms with Gasteiger partial charge in [-0.1, -0.05) is 29.7 Å². The molecule has 1 atom stereocenters. The molecule has 5 nitrogen and oxygen atoms in total. The minimum Gasteiger partial charge on any atom is -0.361 e. The molecule has 1 aromatic carbocycles. The Balaban J connectivity index is 1.84. The van der Waals surface area contributed by atoms with Gasteiger partial charge in [-0.25, -0.2) is 4.79 Å². The zero-order chi connectivity index (χ0) is 17.3. The zero-order valence-electron chi connectivity index (χ0n) is 14.2. The number of carbonyl (C=O) groups is 1. The topological polar surface area (TPSA) is 58.4 Å². The van der Waals surface area contributed by atoms with Crippen molar-refractivity contribution in [3.8, 4) is 0 Å². The number of hydrogen-bond donors (Lipinski definition) is 1. The summed E-state index contributed by atoms with van der Waals surface area (Å²) >= 11 is 6.14. The minimum atomic E-state index is -0.106. The lowest BCUT2D eigenvalue weighted by Crippen LogP contribution is -2.35. The molecule has 2 heterocycles. The van der Waals surface area contributed by atoms with Gasteiger partial charge in [0.25, 0.3) is 0 Å². The molecule has 24 heavy (non-hydrogen) atoms. The molecule has 0 bridgehead atoms. The summed E-state index contributed by atoms with van der Waals surface area (Å²) in [5.41, 5.74) is 3.55. The Morgan fingerprint density at radius 2 is 2.25 bits per heavy atom. The van der Waals surface area contributed by atoms with E-state index in [0.29, 0.717) is 5.02 Å². The Morgan fingerprint density at radius 3 is 3.00 bits per heavy atom. The Bertz CT molecular complexity index is 757. The summed E-state index contributed by atoms with van der Waals surface area (Å²) in [6.07, 6.45) is 2.67. The van der Waals surface area contributed by atoms with Crippen molar-refractivity contribution in [2.75, 3.05) is 11.9 Å². The normalized spacial score (nSPS) is 17.3. The molecule has 128 valence electrons. The van der Waals surface area contributed by atoms with E-state index in [1.54, 1.807) is 0 Å².